The number of phenols is 1. The van der Waals surface area contributed by atoms with Gasteiger partial charge in [0.1, 0.15) is 5.75 Å². The molecule has 4 rings (SSSR count). The fraction of sp³-hybridized carbons (Fsp3) is 0.0909. The van der Waals surface area contributed by atoms with E-state index in [0.29, 0.717) is 5.56 Å². The van der Waals surface area contributed by atoms with Gasteiger partial charge in [-0.25, -0.2) is 5.43 Å². The number of aromatic hydroxyl groups is 1. The van der Waals surface area contributed by atoms with Gasteiger partial charge in [0.15, 0.2) is 0 Å². The molecule has 1 amide bonds. The Morgan fingerprint density at radius 2 is 1.78 bits per heavy atom. The van der Waals surface area contributed by atoms with Crippen molar-refractivity contribution in [3.8, 4) is 5.75 Å². The van der Waals surface area contributed by atoms with E-state index in [2.05, 4.69) is 52.3 Å². The van der Waals surface area contributed by atoms with Crippen LogP contribution in [0.2, 0.25) is 0 Å². The number of phenolic OH excluding ortho intramolecular Hbond substituents is 1. The fourth-order valence-corrected chi connectivity index (χ4v) is 3.34. The van der Waals surface area contributed by atoms with E-state index >= 15 is 0 Å². The highest BCUT2D eigenvalue weighted by atomic mass is 16.3. The van der Waals surface area contributed by atoms with E-state index in [0.717, 1.165) is 12.1 Å². The molecule has 134 valence electrons. The molecule has 1 aromatic heterocycles. The number of nitrogens with zero attached hydrogens (tertiary/aromatic N) is 2. The summed E-state index contributed by atoms with van der Waals surface area (Å²) in [5.41, 5.74) is 6.26. The van der Waals surface area contributed by atoms with Gasteiger partial charge in [0.05, 0.1) is 6.21 Å². The number of amides is 1. The highest BCUT2D eigenvalue weighted by Gasteiger charge is 2.09. The summed E-state index contributed by atoms with van der Waals surface area (Å²) in [4.78, 5) is 12.1. The van der Waals surface area contributed by atoms with E-state index in [1.165, 1.54) is 33.9 Å². The summed E-state index contributed by atoms with van der Waals surface area (Å²) < 4.78 is 2.29. The van der Waals surface area contributed by atoms with Crippen molar-refractivity contribution in [3.05, 3.63) is 77.9 Å². The molecule has 0 aliphatic carbocycles. The zero-order valence-corrected chi connectivity index (χ0v) is 14.9. The summed E-state index contributed by atoms with van der Waals surface area (Å²) >= 11 is 0. The molecule has 0 aliphatic rings. The molecule has 5 heteroatoms. The first kappa shape index (κ1) is 16.8. The van der Waals surface area contributed by atoms with Crippen molar-refractivity contribution in [3.63, 3.8) is 0 Å². The summed E-state index contributed by atoms with van der Waals surface area (Å²) in [5, 5.41) is 15.7. The van der Waals surface area contributed by atoms with E-state index in [-0.39, 0.29) is 11.7 Å². The second kappa shape index (κ2) is 6.96. The number of carbonyl (C=O) groups is 1. The van der Waals surface area contributed by atoms with E-state index in [1.54, 1.807) is 18.3 Å². The molecule has 2 N–H and O–H groups in total. The van der Waals surface area contributed by atoms with Crippen LogP contribution in [0.25, 0.3) is 21.8 Å². The van der Waals surface area contributed by atoms with Gasteiger partial charge in [-0.1, -0.05) is 24.3 Å². The summed E-state index contributed by atoms with van der Waals surface area (Å²) in [6, 6.07) is 20.5. The van der Waals surface area contributed by atoms with Crippen LogP contribution in [0.4, 0.5) is 0 Å². The van der Waals surface area contributed by atoms with E-state index in [1.807, 2.05) is 12.1 Å². The molecule has 0 saturated heterocycles. The molecule has 0 bridgehead atoms. The van der Waals surface area contributed by atoms with Crippen molar-refractivity contribution >= 4 is 33.9 Å². The Labute approximate surface area is 156 Å². The lowest BCUT2D eigenvalue weighted by molar-refractivity contribution is 0.0955. The lowest BCUT2D eigenvalue weighted by atomic mass is 10.1. The van der Waals surface area contributed by atoms with E-state index < -0.39 is 0 Å². The second-order valence-electron chi connectivity index (χ2n) is 6.28. The average Bonchev–Trinajstić information content (AvgIpc) is 3.01. The van der Waals surface area contributed by atoms with Gasteiger partial charge >= 0.3 is 0 Å². The molecule has 27 heavy (non-hydrogen) atoms. The molecule has 0 radical (unpaired) electrons. The maximum atomic E-state index is 12.1. The zero-order valence-electron chi connectivity index (χ0n) is 14.9. The molecule has 0 atom stereocenters. The average molecular weight is 357 g/mol. The predicted octanol–water partition coefficient (Wildman–Crippen LogP) is 4.28. The number of carbonyl (C=O) groups excluding carboxylic acids is 1. The summed E-state index contributed by atoms with van der Waals surface area (Å²) in [6.45, 7) is 3.04. The summed E-state index contributed by atoms with van der Waals surface area (Å²) in [5.74, 6) is -0.204. The fourth-order valence-electron chi connectivity index (χ4n) is 3.34. The van der Waals surface area contributed by atoms with Gasteiger partial charge in [0.2, 0.25) is 0 Å². The van der Waals surface area contributed by atoms with Crippen molar-refractivity contribution < 1.29 is 9.90 Å². The molecule has 4 aromatic rings. The quantitative estimate of drug-likeness (QED) is 0.423. The Hall–Kier alpha value is -3.60. The summed E-state index contributed by atoms with van der Waals surface area (Å²) in [7, 11) is 0. The molecule has 0 fully saturated rings. The molecule has 1 heterocycles. The first-order chi connectivity index (χ1) is 13.2. The second-order valence-corrected chi connectivity index (χ2v) is 6.28. The normalized spacial score (nSPS) is 11.4. The maximum Gasteiger partial charge on any atom is 0.271 e. The number of fused-ring (bicyclic) bond motifs is 3. The van der Waals surface area contributed by atoms with Gasteiger partial charge in [-0.2, -0.15) is 5.10 Å². The van der Waals surface area contributed by atoms with Gasteiger partial charge in [-0.15, -0.1) is 0 Å². The number of rotatable bonds is 4. The van der Waals surface area contributed by atoms with Crippen molar-refractivity contribution in [1.82, 2.24) is 9.99 Å². The third-order valence-electron chi connectivity index (χ3n) is 4.62. The van der Waals surface area contributed by atoms with Crippen molar-refractivity contribution in [2.75, 3.05) is 0 Å². The van der Waals surface area contributed by atoms with Gasteiger partial charge in [-0.05, 0) is 55.0 Å². The number of aryl methyl sites for hydroxylation is 1. The lowest BCUT2D eigenvalue weighted by Gasteiger charge is -2.03. The van der Waals surface area contributed by atoms with Crippen molar-refractivity contribution in [2.45, 2.75) is 13.5 Å². The van der Waals surface area contributed by atoms with Gasteiger partial charge in [-0.3, -0.25) is 4.79 Å². The molecule has 0 saturated carbocycles. The minimum absolute atomic E-state index is 0.120. The van der Waals surface area contributed by atoms with Gasteiger partial charge < -0.3 is 9.67 Å². The number of nitrogens with one attached hydrogen (secondary N) is 1. The van der Waals surface area contributed by atoms with Crippen LogP contribution in [-0.2, 0) is 6.54 Å². The molecular formula is C22H19N3O2. The van der Waals surface area contributed by atoms with E-state index in [4.69, 9.17) is 0 Å². The van der Waals surface area contributed by atoms with Crippen LogP contribution >= 0.6 is 0 Å². The molecule has 5 nitrogen and oxygen atoms in total. The number of hydrazone groups is 1. The summed E-state index contributed by atoms with van der Waals surface area (Å²) in [6.07, 6.45) is 1.63. The van der Waals surface area contributed by atoms with Crippen LogP contribution in [0.15, 0.2) is 71.8 Å². The zero-order chi connectivity index (χ0) is 18.8. The van der Waals surface area contributed by atoms with Gasteiger partial charge in [0.25, 0.3) is 5.91 Å². The number of para-hydroxylation sites is 1. The van der Waals surface area contributed by atoms with Crippen molar-refractivity contribution in [2.24, 2.45) is 5.10 Å². The standard InChI is InChI=1S/C22H19N3O2/c1-2-25-20-6-4-3-5-18(20)19-13-15(7-12-21(19)25)14-23-24-22(27)16-8-10-17(26)11-9-16/h3-14,26H,2H2,1H3,(H,24,27). The maximum absolute atomic E-state index is 12.1. The van der Waals surface area contributed by atoms with Crippen LogP contribution in [0, 0.1) is 0 Å². The van der Waals surface area contributed by atoms with Crippen LogP contribution in [0.5, 0.6) is 5.75 Å². The van der Waals surface area contributed by atoms with Crippen LogP contribution in [-0.4, -0.2) is 21.8 Å². The molecular weight excluding hydrogens is 338 g/mol. The SMILES string of the molecule is CCn1c2ccccc2c2cc(C=NNC(=O)c3ccc(O)cc3)ccc21. The molecule has 0 aliphatic heterocycles. The first-order valence-electron chi connectivity index (χ1n) is 8.81. The Morgan fingerprint density at radius 1 is 1.04 bits per heavy atom. The monoisotopic (exact) mass is 357 g/mol. The first-order valence-corrected chi connectivity index (χ1v) is 8.81. The number of benzene rings is 3. The van der Waals surface area contributed by atoms with E-state index in [9.17, 15) is 9.90 Å². The van der Waals surface area contributed by atoms with Crippen LogP contribution in [0.1, 0.15) is 22.8 Å². The molecule has 3 aromatic carbocycles. The van der Waals surface area contributed by atoms with Crippen LogP contribution in [0.3, 0.4) is 0 Å². The van der Waals surface area contributed by atoms with Gasteiger partial charge in [0, 0.05) is 33.9 Å². The lowest BCUT2D eigenvalue weighted by Crippen LogP contribution is -2.17. The highest BCUT2D eigenvalue weighted by molar-refractivity contribution is 6.09. The Kier molecular flexibility index (Phi) is 4.34. The molecule has 0 unspecified atom stereocenters. The Balaban J connectivity index is 1.61. The predicted molar refractivity (Wildman–Crippen MR) is 108 cm³/mol. The van der Waals surface area contributed by atoms with Crippen molar-refractivity contribution in [1.29, 1.82) is 0 Å². The molecule has 0 spiro atoms. The number of aromatic nitrogens is 1. The smallest absolute Gasteiger partial charge is 0.271 e. The Bertz CT molecular complexity index is 1160. The number of hydrogen-bond donors (Lipinski definition) is 2. The minimum atomic E-state index is -0.324. The van der Waals surface area contributed by atoms with Crippen LogP contribution < -0.4 is 5.43 Å². The third-order valence-corrected chi connectivity index (χ3v) is 4.62. The highest BCUT2D eigenvalue weighted by Crippen LogP contribution is 2.29. The topological polar surface area (TPSA) is 66.6 Å². The number of hydrogen-bond acceptors (Lipinski definition) is 3. The third kappa shape index (κ3) is 3.15. The largest absolute Gasteiger partial charge is 0.508 e. The Morgan fingerprint density at radius 3 is 2.56 bits per heavy atom. The minimum Gasteiger partial charge on any atom is -0.508 e.